The molecule has 0 radical (unpaired) electrons. The first-order valence-electron chi connectivity index (χ1n) is 7.26. The zero-order valence-corrected chi connectivity index (χ0v) is 13.2. The molecule has 1 aromatic carbocycles. The predicted molar refractivity (Wildman–Crippen MR) is 87.9 cm³/mol. The molecule has 0 amide bonds. The van der Waals surface area contributed by atoms with E-state index in [1.165, 1.54) is 10.9 Å². The quantitative estimate of drug-likeness (QED) is 0.569. The summed E-state index contributed by atoms with van der Waals surface area (Å²) in [6.45, 7) is 0.738. The average Bonchev–Trinajstić information content (AvgIpc) is 3.21. The zero-order valence-electron chi connectivity index (χ0n) is 12.5. The van der Waals surface area contributed by atoms with Gasteiger partial charge in [-0.2, -0.15) is 0 Å². The van der Waals surface area contributed by atoms with Gasteiger partial charge in [-0.15, -0.1) is 5.10 Å². The fraction of sp³-hybridized carbons (Fsp3) is 0.125. The highest BCUT2D eigenvalue weighted by molar-refractivity contribution is 6.30. The lowest BCUT2D eigenvalue weighted by Crippen LogP contribution is -2.21. The van der Waals surface area contributed by atoms with Crippen LogP contribution in [0.25, 0.3) is 11.2 Å². The van der Waals surface area contributed by atoms with E-state index in [0.717, 1.165) is 5.56 Å². The molecule has 0 unspecified atom stereocenters. The van der Waals surface area contributed by atoms with Gasteiger partial charge >= 0.3 is 0 Å². The SMILES string of the molecule is O=c1c2nnn(Cc3cccc(Cl)c3)c2ncn1Cc1ccco1. The van der Waals surface area contributed by atoms with Crippen molar-refractivity contribution in [1.29, 1.82) is 0 Å². The van der Waals surface area contributed by atoms with Gasteiger partial charge in [0.25, 0.3) is 5.56 Å². The van der Waals surface area contributed by atoms with Gasteiger partial charge in [0, 0.05) is 5.02 Å². The van der Waals surface area contributed by atoms with E-state index in [-0.39, 0.29) is 11.1 Å². The van der Waals surface area contributed by atoms with Crippen molar-refractivity contribution in [3.8, 4) is 0 Å². The van der Waals surface area contributed by atoms with Gasteiger partial charge < -0.3 is 4.42 Å². The lowest BCUT2D eigenvalue weighted by molar-refractivity contribution is 0.489. The Hall–Kier alpha value is -2.93. The average molecular weight is 342 g/mol. The van der Waals surface area contributed by atoms with Gasteiger partial charge in [-0.05, 0) is 29.8 Å². The summed E-state index contributed by atoms with van der Waals surface area (Å²) < 4.78 is 8.29. The van der Waals surface area contributed by atoms with Crippen molar-refractivity contribution < 1.29 is 4.42 Å². The summed E-state index contributed by atoms with van der Waals surface area (Å²) in [5, 5.41) is 8.67. The van der Waals surface area contributed by atoms with E-state index < -0.39 is 0 Å². The summed E-state index contributed by atoms with van der Waals surface area (Å²) in [6.07, 6.45) is 3.04. The lowest BCUT2D eigenvalue weighted by atomic mass is 10.2. The minimum atomic E-state index is -0.256. The Bertz CT molecular complexity index is 1050. The van der Waals surface area contributed by atoms with Crippen LogP contribution < -0.4 is 5.56 Å². The molecule has 4 aromatic rings. The molecule has 0 saturated carbocycles. The van der Waals surface area contributed by atoms with E-state index >= 15 is 0 Å². The number of rotatable bonds is 4. The van der Waals surface area contributed by atoms with Crippen LogP contribution in [-0.2, 0) is 13.1 Å². The summed E-state index contributed by atoms with van der Waals surface area (Å²) >= 11 is 5.99. The maximum atomic E-state index is 12.5. The number of nitrogens with zero attached hydrogens (tertiary/aromatic N) is 5. The molecule has 0 N–H and O–H groups in total. The Morgan fingerprint density at radius 2 is 2.08 bits per heavy atom. The van der Waals surface area contributed by atoms with Gasteiger partial charge in [0.15, 0.2) is 11.2 Å². The highest BCUT2D eigenvalue weighted by Crippen LogP contribution is 2.13. The number of benzene rings is 1. The zero-order chi connectivity index (χ0) is 16.5. The number of halogens is 1. The molecule has 3 aromatic heterocycles. The normalized spacial score (nSPS) is 11.2. The van der Waals surface area contributed by atoms with Gasteiger partial charge in [-0.3, -0.25) is 9.36 Å². The summed E-state index contributed by atoms with van der Waals surface area (Å²) in [5.41, 5.74) is 1.37. The Labute approximate surface area is 141 Å². The molecule has 120 valence electrons. The Morgan fingerprint density at radius 3 is 2.88 bits per heavy atom. The third-order valence-corrected chi connectivity index (χ3v) is 3.85. The predicted octanol–water partition coefficient (Wildman–Crippen LogP) is 2.33. The molecular weight excluding hydrogens is 330 g/mol. The van der Waals surface area contributed by atoms with Crippen LogP contribution in [-0.4, -0.2) is 24.5 Å². The van der Waals surface area contributed by atoms with Crippen molar-refractivity contribution in [1.82, 2.24) is 24.5 Å². The van der Waals surface area contributed by atoms with Gasteiger partial charge in [-0.25, -0.2) is 9.67 Å². The highest BCUT2D eigenvalue weighted by atomic mass is 35.5. The van der Waals surface area contributed by atoms with Crippen LogP contribution in [0.5, 0.6) is 0 Å². The molecule has 0 saturated heterocycles. The minimum Gasteiger partial charge on any atom is -0.467 e. The van der Waals surface area contributed by atoms with Crippen LogP contribution in [0.3, 0.4) is 0 Å². The van der Waals surface area contributed by atoms with Crippen LogP contribution in [0.15, 0.2) is 58.2 Å². The summed E-state index contributed by atoms with van der Waals surface area (Å²) in [6, 6.07) is 11.0. The van der Waals surface area contributed by atoms with E-state index in [4.69, 9.17) is 16.0 Å². The van der Waals surface area contributed by atoms with Crippen LogP contribution >= 0.6 is 11.6 Å². The molecule has 7 nitrogen and oxygen atoms in total. The fourth-order valence-corrected chi connectivity index (χ4v) is 2.70. The van der Waals surface area contributed by atoms with E-state index in [1.54, 1.807) is 29.1 Å². The second-order valence-corrected chi connectivity index (χ2v) is 5.74. The molecule has 0 spiro atoms. The van der Waals surface area contributed by atoms with Crippen LogP contribution in [0.1, 0.15) is 11.3 Å². The van der Waals surface area contributed by atoms with Crippen molar-refractivity contribution >= 4 is 22.8 Å². The number of aromatic nitrogens is 5. The molecule has 24 heavy (non-hydrogen) atoms. The van der Waals surface area contributed by atoms with Crippen LogP contribution in [0.2, 0.25) is 5.02 Å². The number of fused-ring (bicyclic) bond motifs is 1. The topological polar surface area (TPSA) is 78.7 Å². The highest BCUT2D eigenvalue weighted by Gasteiger charge is 2.13. The van der Waals surface area contributed by atoms with Gasteiger partial charge in [0.1, 0.15) is 12.1 Å². The molecule has 0 bridgehead atoms. The molecule has 0 fully saturated rings. The van der Waals surface area contributed by atoms with E-state index in [1.807, 2.05) is 18.2 Å². The maximum absolute atomic E-state index is 12.5. The maximum Gasteiger partial charge on any atom is 0.283 e. The third kappa shape index (κ3) is 2.69. The number of hydrogen-bond donors (Lipinski definition) is 0. The Morgan fingerprint density at radius 1 is 1.17 bits per heavy atom. The van der Waals surface area contributed by atoms with Crippen LogP contribution in [0.4, 0.5) is 0 Å². The molecule has 0 atom stereocenters. The van der Waals surface area contributed by atoms with Crippen LogP contribution in [0, 0.1) is 0 Å². The smallest absolute Gasteiger partial charge is 0.283 e. The second-order valence-electron chi connectivity index (χ2n) is 5.31. The number of furan rings is 1. The molecular formula is C16H12ClN5O2. The molecule has 3 heterocycles. The van der Waals surface area contributed by atoms with Crippen molar-refractivity contribution in [2.75, 3.05) is 0 Å². The lowest BCUT2D eigenvalue weighted by Gasteiger charge is -2.04. The second kappa shape index (κ2) is 5.93. The molecule has 8 heteroatoms. The minimum absolute atomic E-state index is 0.228. The molecule has 0 aliphatic rings. The van der Waals surface area contributed by atoms with E-state index in [9.17, 15) is 4.79 Å². The van der Waals surface area contributed by atoms with E-state index in [0.29, 0.717) is 29.5 Å². The first-order valence-corrected chi connectivity index (χ1v) is 7.64. The first-order chi connectivity index (χ1) is 11.7. The first kappa shape index (κ1) is 14.6. The van der Waals surface area contributed by atoms with E-state index in [2.05, 4.69) is 15.3 Å². The van der Waals surface area contributed by atoms with Gasteiger partial charge in [0.05, 0.1) is 19.4 Å². The summed E-state index contributed by atoms with van der Waals surface area (Å²) in [4.78, 5) is 16.8. The van der Waals surface area contributed by atoms with Crippen molar-refractivity contribution in [2.45, 2.75) is 13.1 Å². The fourth-order valence-electron chi connectivity index (χ4n) is 2.48. The van der Waals surface area contributed by atoms with Gasteiger partial charge in [0.2, 0.25) is 0 Å². The molecule has 0 aliphatic heterocycles. The Balaban J connectivity index is 1.70. The van der Waals surface area contributed by atoms with Crippen molar-refractivity contribution in [3.63, 3.8) is 0 Å². The summed E-state index contributed by atoms with van der Waals surface area (Å²) in [5.74, 6) is 0.671. The monoisotopic (exact) mass is 341 g/mol. The third-order valence-electron chi connectivity index (χ3n) is 3.62. The number of hydrogen-bond acceptors (Lipinski definition) is 5. The van der Waals surface area contributed by atoms with Gasteiger partial charge in [-0.1, -0.05) is 28.9 Å². The van der Waals surface area contributed by atoms with Crippen molar-refractivity contribution in [3.05, 3.63) is 75.7 Å². The molecule has 0 aliphatic carbocycles. The standard InChI is InChI=1S/C16H12ClN5O2/c17-12-4-1-3-11(7-12)8-22-15-14(19-20-22)16(23)21(10-18-15)9-13-5-2-6-24-13/h1-7,10H,8-9H2. The molecule has 4 rings (SSSR count). The van der Waals surface area contributed by atoms with Crippen molar-refractivity contribution in [2.24, 2.45) is 0 Å². The Kier molecular flexibility index (Phi) is 3.62. The largest absolute Gasteiger partial charge is 0.467 e. The summed E-state index contributed by atoms with van der Waals surface area (Å²) in [7, 11) is 0.